The molecule has 0 radical (unpaired) electrons. The molecule has 4 rings (SSSR count). The summed E-state index contributed by atoms with van der Waals surface area (Å²) in [6.45, 7) is 1.95. The minimum atomic E-state index is -0.253. The summed E-state index contributed by atoms with van der Waals surface area (Å²) in [5.41, 5.74) is 1.57. The lowest BCUT2D eigenvalue weighted by Crippen LogP contribution is -2.39. The van der Waals surface area contributed by atoms with Gasteiger partial charge in [0.25, 0.3) is 5.91 Å². The van der Waals surface area contributed by atoms with Crippen LogP contribution in [0.2, 0.25) is 0 Å². The first-order valence-corrected chi connectivity index (χ1v) is 10.6. The van der Waals surface area contributed by atoms with Crippen LogP contribution >= 0.6 is 15.9 Å². The molecule has 6 nitrogen and oxygen atoms in total. The fourth-order valence-corrected chi connectivity index (χ4v) is 4.02. The van der Waals surface area contributed by atoms with Crippen LogP contribution in [-0.2, 0) is 4.79 Å². The maximum Gasteiger partial charge on any atom is 0.251 e. The summed E-state index contributed by atoms with van der Waals surface area (Å²) in [6.07, 6.45) is 2.69. The van der Waals surface area contributed by atoms with Crippen molar-refractivity contribution in [2.45, 2.75) is 25.3 Å². The number of rotatable bonds is 4. The van der Waals surface area contributed by atoms with E-state index in [4.69, 9.17) is 9.47 Å². The van der Waals surface area contributed by atoms with Gasteiger partial charge in [-0.15, -0.1) is 0 Å². The molecule has 2 aliphatic rings. The van der Waals surface area contributed by atoms with Gasteiger partial charge in [-0.1, -0.05) is 22.0 Å². The van der Waals surface area contributed by atoms with E-state index in [2.05, 4.69) is 21.2 Å². The van der Waals surface area contributed by atoms with Crippen LogP contribution < -0.4 is 14.8 Å². The van der Waals surface area contributed by atoms with Crippen LogP contribution in [0.15, 0.2) is 46.9 Å². The van der Waals surface area contributed by atoms with Crippen LogP contribution in [0.1, 0.15) is 41.2 Å². The summed E-state index contributed by atoms with van der Waals surface area (Å²) < 4.78 is 12.4. The van der Waals surface area contributed by atoms with E-state index in [1.165, 1.54) is 0 Å². The van der Waals surface area contributed by atoms with Crippen molar-refractivity contribution in [1.82, 2.24) is 10.2 Å². The second-order valence-corrected chi connectivity index (χ2v) is 8.11. The van der Waals surface area contributed by atoms with Gasteiger partial charge in [-0.25, -0.2) is 0 Å². The zero-order valence-corrected chi connectivity index (χ0v) is 17.6. The highest BCUT2D eigenvalue weighted by Crippen LogP contribution is 2.37. The Kier molecular flexibility index (Phi) is 6.04. The molecule has 7 heteroatoms. The summed E-state index contributed by atoms with van der Waals surface area (Å²) >= 11 is 3.35. The third kappa shape index (κ3) is 4.56. The number of carbonyl (C=O) groups excluding carboxylic acids is 2. The molecule has 2 aliphatic heterocycles. The van der Waals surface area contributed by atoms with Crippen LogP contribution in [-0.4, -0.2) is 43.0 Å². The predicted octanol–water partition coefficient (Wildman–Crippen LogP) is 3.70. The van der Waals surface area contributed by atoms with Crippen LogP contribution in [0.25, 0.3) is 0 Å². The van der Waals surface area contributed by atoms with E-state index >= 15 is 0 Å². The van der Waals surface area contributed by atoms with Gasteiger partial charge in [0, 0.05) is 23.0 Å². The lowest BCUT2D eigenvalue weighted by atomic mass is 10.0. The third-order valence-corrected chi connectivity index (χ3v) is 5.76. The molecule has 0 saturated carbocycles. The minimum absolute atomic E-state index is 0.00997. The molecule has 0 spiro atoms. The average molecular weight is 459 g/mol. The molecule has 2 amide bonds. The summed E-state index contributed by atoms with van der Waals surface area (Å²) in [7, 11) is 0. The fraction of sp³-hybridized carbons (Fsp3) is 0.364. The number of likely N-dealkylation sites (tertiary alicyclic amines) is 1. The number of ether oxygens (including phenoxy) is 2. The number of halogens is 1. The Balaban J connectivity index is 1.41. The molecular weight excluding hydrogens is 436 g/mol. The van der Waals surface area contributed by atoms with Crippen molar-refractivity contribution < 1.29 is 19.1 Å². The highest BCUT2D eigenvalue weighted by Gasteiger charge is 2.30. The molecule has 29 heavy (non-hydrogen) atoms. The lowest BCUT2D eigenvalue weighted by Gasteiger charge is -2.26. The number of hydrogen-bond acceptors (Lipinski definition) is 4. The number of amides is 2. The minimum Gasteiger partial charge on any atom is -0.490 e. The van der Waals surface area contributed by atoms with Crippen LogP contribution in [0.4, 0.5) is 0 Å². The van der Waals surface area contributed by atoms with Crippen molar-refractivity contribution in [2.24, 2.45) is 0 Å². The smallest absolute Gasteiger partial charge is 0.251 e. The average Bonchev–Trinajstić information content (AvgIpc) is 3.11. The Morgan fingerprint density at radius 2 is 1.79 bits per heavy atom. The standard InChI is InChI=1S/C22H23BrN2O4/c23-17-7-4-15(5-8-17)22(27)24-14-21(26)25-10-1-3-18(25)16-6-9-19-20(13-16)29-12-2-11-28-19/h4-9,13,18H,1-3,10-12,14H2,(H,24,27)/t18-/m1/s1. The molecule has 0 bridgehead atoms. The van der Waals surface area contributed by atoms with E-state index < -0.39 is 0 Å². The second kappa shape index (κ2) is 8.86. The first-order valence-electron chi connectivity index (χ1n) is 9.84. The summed E-state index contributed by atoms with van der Waals surface area (Å²) in [5.74, 6) is 1.16. The summed E-state index contributed by atoms with van der Waals surface area (Å²) in [5, 5.41) is 2.74. The number of nitrogens with one attached hydrogen (secondary N) is 1. The molecule has 2 aromatic carbocycles. The first-order chi connectivity index (χ1) is 14.1. The van der Waals surface area contributed by atoms with E-state index in [-0.39, 0.29) is 24.4 Å². The molecule has 1 saturated heterocycles. The lowest BCUT2D eigenvalue weighted by molar-refractivity contribution is -0.131. The third-order valence-electron chi connectivity index (χ3n) is 5.24. The number of fused-ring (bicyclic) bond motifs is 1. The van der Waals surface area contributed by atoms with E-state index in [0.29, 0.717) is 25.3 Å². The largest absolute Gasteiger partial charge is 0.490 e. The van der Waals surface area contributed by atoms with Crippen molar-refractivity contribution in [3.8, 4) is 11.5 Å². The molecule has 2 aromatic rings. The van der Waals surface area contributed by atoms with Gasteiger partial charge in [0.05, 0.1) is 25.8 Å². The maximum atomic E-state index is 12.8. The molecule has 1 fully saturated rings. The zero-order chi connectivity index (χ0) is 20.2. The molecule has 1 atom stereocenters. The van der Waals surface area contributed by atoms with Crippen LogP contribution in [0, 0.1) is 0 Å². The first kappa shape index (κ1) is 19.8. The fourth-order valence-electron chi connectivity index (χ4n) is 3.76. The second-order valence-electron chi connectivity index (χ2n) is 7.19. The predicted molar refractivity (Wildman–Crippen MR) is 112 cm³/mol. The number of benzene rings is 2. The number of carbonyl (C=O) groups is 2. The Morgan fingerprint density at radius 1 is 1.03 bits per heavy atom. The topological polar surface area (TPSA) is 67.9 Å². The Bertz CT molecular complexity index is 900. The van der Waals surface area contributed by atoms with Gasteiger partial charge < -0.3 is 19.7 Å². The SMILES string of the molecule is O=C(NCC(=O)N1CCC[C@@H]1c1ccc2c(c1)OCCCO2)c1ccc(Br)cc1. The van der Waals surface area contributed by atoms with Crippen molar-refractivity contribution in [1.29, 1.82) is 0 Å². The highest BCUT2D eigenvalue weighted by molar-refractivity contribution is 9.10. The molecule has 0 aliphatic carbocycles. The molecular formula is C22H23BrN2O4. The number of hydrogen-bond donors (Lipinski definition) is 1. The van der Waals surface area contributed by atoms with Crippen molar-refractivity contribution in [3.63, 3.8) is 0 Å². The monoisotopic (exact) mass is 458 g/mol. The van der Waals surface area contributed by atoms with Gasteiger partial charge in [-0.05, 0) is 54.8 Å². The van der Waals surface area contributed by atoms with Gasteiger partial charge in [-0.2, -0.15) is 0 Å². The highest BCUT2D eigenvalue weighted by atomic mass is 79.9. The van der Waals surface area contributed by atoms with Gasteiger partial charge in [0.2, 0.25) is 5.91 Å². The van der Waals surface area contributed by atoms with Crippen LogP contribution in [0.3, 0.4) is 0 Å². The van der Waals surface area contributed by atoms with Crippen LogP contribution in [0.5, 0.6) is 11.5 Å². The van der Waals surface area contributed by atoms with Gasteiger partial charge >= 0.3 is 0 Å². The summed E-state index contributed by atoms with van der Waals surface area (Å²) in [4.78, 5) is 27.0. The van der Waals surface area contributed by atoms with E-state index in [1.807, 2.05) is 23.1 Å². The van der Waals surface area contributed by atoms with Crippen molar-refractivity contribution in [2.75, 3.05) is 26.3 Å². The van der Waals surface area contributed by atoms with E-state index in [0.717, 1.165) is 40.8 Å². The van der Waals surface area contributed by atoms with Gasteiger partial charge in [-0.3, -0.25) is 9.59 Å². The quantitative estimate of drug-likeness (QED) is 0.757. The normalized spacial score (nSPS) is 18.2. The van der Waals surface area contributed by atoms with E-state index in [9.17, 15) is 9.59 Å². The van der Waals surface area contributed by atoms with E-state index in [1.54, 1.807) is 24.3 Å². The van der Waals surface area contributed by atoms with Crippen molar-refractivity contribution >= 4 is 27.7 Å². The van der Waals surface area contributed by atoms with Crippen molar-refractivity contribution in [3.05, 3.63) is 58.1 Å². The zero-order valence-electron chi connectivity index (χ0n) is 16.0. The maximum absolute atomic E-state index is 12.8. The Hall–Kier alpha value is -2.54. The Labute approximate surface area is 178 Å². The van der Waals surface area contributed by atoms with Gasteiger partial charge in [0.15, 0.2) is 11.5 Å². The molecule has 0 aromatic heterocycles. The molecule has 0 unspecified atom stereocenters. The molecule has 2 heterocycles. The molecule has 1 N–H and O–H groups in total. The summed E-state index contributed by atoms with van der Waals surface area (Å²) in [6, 6.07) is 13.0. The van der Waals surface area contributed by atoms with Gasteiger partial charge in [0.1, 0.15) is 0 Å². The number of nitrogens with zero attached hydrogens (tertiary/aromatic N) is 1. The Morgan fingerprint density at radius 3 is 2.59 bits per heavy atom. The molecule has 152 valence electrons.